The Bertz CT molecular complexity index is 5830. The molecule has 0 N–H and O–H groups in total. The monoisotopic (exact) mass is 1120 g/mol. The van der Waals surface area contributed by atoms with Gasteiger partial charge in [0.25, 0.3) is 0 Å². The van der Waals surface area contributed by atoms with Gasteiger partial charge >= 0.3 is 0 Å². The number of aromatic nitrogens is 6. The molecule has 0 fully saturated rings. The van der Waals surface area contributed by atoms with E-state index in [1.807, 2.05) is 12.1 Å². The quantitative estimate of drug-likeness (QED) is 0.166. The number of para-hydroxylation sites is 8. The maximum absolute atomic E-state index is 11.9. The molecule has 0 aliphatic carbocycles. The topological polar surface area (TPSA) is 77.2 Å². The second-order valence-corrected chi connectivity index (χ2v) is 23.1. The molecule has 88 heavy (non-hydrogen) atoms. The van der Waals surface area contributed by atoms with Gasteiger partial charge in [-0.1, -0.05) is 158 Å². The van der Waals surface area contributed by atoms with E-state index in [0.29, 0.717) is 22.5 Å². The molecule has 13 aromatic carbocycles. The van der Waals surface area contributed by atoms with Crippen molar-refractivity contribution >= 4 is 131 Å². The Morgan fingerprint density at radius 1 is 0.182 bits per heavy atom. The van der Waals surface area contributed by atoms with Crippen molar-refractivity contribution in [1.29, 1.82) is 10.5 Å². The van der Waals surface area contributed by atoms with Crippen LogP contribution in [0.3, 0.4) is 0 Å². The number of nitrogens with zero attached hydrogens (tertiary/aromatic N) is 8. The molecule has 19 rings (SSSR count). The molecule has 0 saturated carbocycles. The van der Waals surface area contributed by atoms with Gasteiger partial charge in [0.1, 0.15) is 12.1 Å². The second-order valence-electron chi connectivity index (χ2n) is 23.1. The zero-order valence-corrected chi connectivity index (χ0v) is 47.1. The van der Waals surface area contributed by atoms with Gasteiger partial charge in [-0.05, 0) is 121 Å². The molecule has 6 aromatic heterocycles. The van der Waals surface area contributed by atoms with E-state index in [4.69, 9.17) is 0 Å². The highest BCUT2D eigenvalue weighted by atomic mass is 15.0. The number of benzene rings is 13. The molecule has 0 unspecified atom stereocenters. The average Bonchev–Trinajstić information content (AvgIpc) is 1.68. The molecule has 8 nitrogen and oxygen atoms in total. The Balaban J connectivity index is 0.922. The van der Waals surface area contributed by atoms with E-state index in [1.54, 1.807) is 0 Å². The first-order valence-electron chi connectivity index (χ1n) is 29.7. The summed E-state index contributed by atoms with van der Waals surface area (Å²) in [7, 11) is 0. The molecule has 406 valence electrons. The molecule has 0 spiro atoms. The van der Waals surface area contributed by atoms with Crippen molar-refractivity contribution in [2.24, 2.45) is 0 Å². The maximum Gasteiger partial charge on any atom is 0.101 e. The second kappa shape index (κ2) is 18.1. The van der Waals surface area contributed by atoms with Crippen molar-refractivity contribution in [3.8, 4) is 46.3 Å². The highest BCUT2D eigenvalue weighted by Gasteiger charge is 2.26. The summed E-state index contributed by atoms with van der Waals surface area (Å²) in [4.78, 5) is 0. The summed E-state index contributed by atoms with van der Waals surface area (Å²) in [6, 6.07) is 105. The number of hydrogen-bond acceptors (Lipinski definition) is 2. The van der Waals surface area contributed by atoms with Crippen LogP contribution in [-0.2, 0) is 0 Å². The van der Waals surface area contributed by atoms with E-state index in [2.05, 4.69) is 306 Å². The lowest BCUT2D eigenvalue weighted by molar-refractivity contribution is 1.12. The van der Waals surface area contributed by atoms with Gasteiger partial charge in [-0.2, -0.15) is 10.5 Å². The Morgan fingerprint density at radius 2 is 0.420 bits per heavy atom. The van der Waals surface area contributed by atoms with Crippen LogP contribution in [0.15, 0.2) is 279 Å². The number of hydrogen-bond donors (Lipinski definition) is 0. The summed E-state index contributed by atoms with van der Waals surface area (Å²) >= 11 is 0. The minimum Gasteiger partial charge on any atom is -0.309 e. The predicted molar refractivity (Wildman–Crippen MR) is 362 cm³/mol. The van der Waals surface area contributed by atoms with E-state index < -0.39 is 0 Å². The Kier molecular flexibility index (Phi) is 9.87. The van der Waals surface area contributed by atoms with Gasteiger partial charge in [0.05, 0.1) is 88.7 Å². The first kappa shape index (κ1) is 48.1. The van der Waals surface area contributed by atoms with Crippen LogP contribution >= 0.6 is 0 Å². The van der Waals surface area contributed by atoms with Crippen LogP contribution in [0.1, 0.15) is 11.1 Å². The number of rotatable bonds is 6. The zero-order chi connectivity index (χ0) is 57.9. The molecule has 0 aliphatic rings. The van der Waals surface area contributed by atoms with Gasteiger partial charge in [0.15, 0.2) is 0 Å². The normalized spacial score (nSPS) is 12.1. The van der Waals surface area contributed by atoms with Crippen LogP contribution < -0.4 is 0 Å². The predicted octanol–water partition coefficient (Wildman–Crippen LogP) is 20.0. The van der Waals surface area contributed by atoms with Crippen molar-refractivity contribution in [2.45, 2.75) is 0 Å². The number of nitriles is 2. The SMILES string of the molecule is N#Cc1cc(-n2c3cc(-n4c5ccccc5c5ccccc54)ccc3c3cc4c(cc32)c2ccccc2n4-c2ccccc2)c(C#N)cc1-n1c2cc(-n3c4ccccc4c4ccccc43)ccc2c2cc3c(cc21)c1ccccc1n3-c1ccccc1. The van der Waals surface area contributed by atoms with E-state index >= 15 is 0 Å². The maximum atomic E-state index is 11.9. The zero-order valence-electron chi connectivity index (χ0n) is 47.1. The van der Waals surface area contributed by atoms with Crippen molar-refractivity contribution in [2.75, 3.05) is 0 Å². The van der Waals surface area contributed by atoms with Crippen molar-refractivity contribution in [3.05, 3.63) is 290 Å². The van der Waals surface area contributed by atoms with Gasteiger partial charge in [-0.25, -0.2) is 0 Å². The fraction of sp³-hybridized carbons (Fsp3) is 0. The third-order valence-electron chi connectivity index (χ3n) is 18.6. The van der Waals surface area contributed by atoms with E-state index in [1.165, 1.54) is 21.5 Å². The average molecular weight is 1120 g/mol. The molecule has 0 atom stereocenters. The standard InChI is InChI=1S/C80H46N8/c81-47-49-40-74(88-76-42-54(86-69-31-15-9-25-57(69)58-26-10-16-32-70(58)86)36-38-62(76)66-44-78-64(46-80(66)88)60-28-12-18-34-72(60)84(78)52-21-5-2-6-22-52)50(48-82)39-73(49)87-75-41-53(85-67-29-13-7-23-55(67)56-24-8-14-30-68(56)85)35-37-61(75)65-43-77-63(45-79(65)87)59-27-11-17-33-71(59)83(77)51-19-3-1-4-20-51/h1-46H. The lowest BCUT2D eigenvalue weighted by Crippen LogP contribution is -2.05. The summed E-state index contributed by atoms with van der Waals surface area (Å²) in [6.45, 7) is 0. The third kappa shape index (κ3) is 6.55. The lowest BCUT2D eigenvalue weighted by Gasteiger charge is -2.17. The molecule has 6 heterocycles. The van der Waals surface area contributed by atoms with E-state index in [9.17, 15) is 10.5 Å². The molecule has 0 saturated heterocycles. The molecule has 8 heteroatoms. The van der Waals surface area contributed by atoms with Crippen molar-refractivity contribution in [3.63, 3.8) is 0 Å². The summed E-state index contributed by atoms with van der Waals surface area (Å²) in [5.41, 5.74) is 18.6. The lowest BCUT2D eigenvalue weighted by atomic mass is 10.1. The van der Waals surface area contributed by atoms with Gasteiger partial charge < -0.3 is 27.4 Å². The largest absolute Gasteiger partial charge is 0.309 e. The van der Waals surface area contributed by atoms with Crippen LogP contribution in [0, 0.1) is 22.7 Å². The summed E-state index contributed by atoms with van der Waals surface area (Å²) in [5, 5.41) is 37.1. The van der Waals surface area contributed by atoms with Gasteiger partial charge in [0.2, 0.25) is 0 Å². The Morgan fingerprint density at radius 3 is 0.727 bits per heavy atom. The summed E-state index contributed by atoms with van der Waals surface area (Å²) < 4.78 is 13.9. The van der Waals surface area contributed by atoms with Crippen molar-refractivity contribution in [1.82, 2.24) is 27.4 Å². The molecule has 0 radical (unpaired) electrons. The molecular formula is C80H46N8. The van der Waals surface area contributed by atoms with Gasteiger partial charge in [0, 0.05) is 87.4 Å². The minimum absolute atomic E-state index is 0.428. The molecular weight excluding hydrogens is 1070 g/mol. The third-order valence-corrected chi connectivity index (χ3v) is 18.6. The van der Waals surface area contributed by atoms with E-state index in [0.717, 1.165) is 132 Å². The first-order chi connectivity index (χ1) is 43.6. The van der Waals surface area contributed by atoms with Crippen LogP contribution in [0.25, 0.3) is 165 Å². The molecule has 0 amide bonds. The molecule has 19 aromatic rings. The molecule has 0 bridgehead atoms. The van der Waals surface area contributed by atoms with E-state index in [-0.39, 0.29) is 0 Å². The Labute approximate surface area is 502 Å². The highest BCUT2D eigenvalue weighted by Crippen LogP contribution is 2.46. The minimum atomic E-state index is 0.428. The van der Waals surface area contributed by atoms with Gasteiger partial charge in [-0.15, -0.1) is 0 Å². The van der Waals surface area contributed by atoms with Crippen LogP contribution in [0.5, 0.6) is 0 Å². The smallest absolute Gasteiger partial charge is 0.101 e. The first-order valence-corrected chi connectivity index (χ1v) is 29.7. The number of fused-ring (bicyclic) bond motifs is 18. The van der Waals surface area contributed by atoms with Gasteiger partial charge in [-0.3, -0.25) is 0 Å². The summed E-state index contributed by atoms with van der Waals surface area (Å²) in [6.07, 6.45) is 0. The fourth-order valence-corrected chi connectivity index (χ4v) is 15.0. The van der Waals surface area contributed by atoms with Crippen LogP contribution in [0.2, 0.25) is 0 Å². The Hall–Kier alpha value is -12.4. The van der Waals surface area contributed by atoms with Crippen LogP contribution in [0.4, 0.5) is 0 Å². The van der Waals surface area contributed by atoms with Crippen LogP contribution in [-0.4, -0.2) is 27.4 Å². The highest BCUT2D eigenvalue weighted by molar-refractivity contribution is 6.22. The fourth-order valence-electron chi connectivity index (χ4n) is 15.0. The molecule has 0 aliphatic heterocycles. The van der Waals surface area contributed by atoms with Crippen molar-refractivity contribution < 1.29 is 0 Å². The summed E-state index contributed by atoms with van der Waals surface area (Å²) in [5.74, 6) is 0.